The Morgan fingerprint density at radius 3 is 2.46 bits per heavy atom. The first-order chi connectivity index (χ1) is 18.8. The second-order valence-corrected chi connectivity index (χ2v) is 9.77. The van der Waals surface area contributed by atoms with Crippen molar-refractivity contribution >= 4 is 28.5 Å². The molecular weight excluding hydrogens is 494 g/mol. The lowest BCUT2D eigenvalue weighted by atomic mass is 10.00. The first-order valence-corrected chi connectivity index (χ1v) is 13.0. The Bertz CT molecular complexity index is 1450. The number of anilines is 1. The van der Waals surface area contributed by atoms with Crippen LogP contribution < -0.4 is 19.7 Å². The van der Waals surface area contributed by atoms with Crippen LogP contribution in [0.4, 0.5) is 5.69 Å². The summed E-state index contributed by atoms with van der Waals surface area (Å²) in [6.07, 6.45) is 0.807. The van der Waals surface area contributed by atoms with E-state index in [1.165, 1.54) is 7.11 Å². The molecule has 3 aromatic carbocycles. The third-order valence-electron chi connectivity index (χ3n) is 6.61. The van der Waals surface area contributed by atoms with Gasteiger partial charge in [-0.15, -0.1) is 5.10 Å². The largest absolute Gasteiger partial charge is 0.497 e. The number of nitrogens with zero attached hydrogens (tertiary/aromatic N) is 4. The Kier molecular flexibility index (Phi) is 8.81. The van der Waals surface area contributed by atoms with E-state index in [0.29, 0.717) is 40.7 Å². The number of rotatable bonds is 11. The Morgan fingerprint density at radius 1 is 1.00 bits per heavy atom. The van der Waals surface area contributed by atoms with E-state index < -0.39 is 6.04 Å². The second kappa shape index (κ2) is 12.4. The van der Waals surface area contributed by atoms with E-state index in [9.17, 15) is 9.59 Å². The summed E-state index contributed by atoms with van der Waals surface area (Å²) in [5.41, 5.74) is 3.43. The van der Waals surface area contributed by atoms with Crippen LogP contribution in [0.5, 0.6) is 11.5 Å². The topological polar surface area (TPSA) is 98.6 Å². The predicted octanol–water partition coefficient (Wildman–Crippen LogP) is 4.69. The van der Waals surface area contributed by atoms with Crippen molar-refractivity contribution in [2.24, 2.45) is 5.92 Å². The van der Waals surface area contributed by atoms with Gasteiger partial charge in [-0.05, 0) is 55.2 Å². The second-order valence-electron chi connectivity index (χ2n) is 9.77. The number of amides is 2. The highest BCUT2D eigenvalue weighted by Crippen LogP contribution is 2.37. The summed E-state index contributed by atoms with van der Waals surface area (Å²) in [6.45, 7) is 6.49. The first-order valence-electron chi connectivity index (χ1n) is 13.0. The van der Waals surface area contributed by atoms with Gasteiger partial charge in [0.2, 0.25) is 11.8 Å². The average molecular weight is 530 g/mol. The maximum absolute atomic E-state index is 14.2. The van der Waals surface area contributed by atoms with Crippen molar-refractivity contribution in [2.45, 2.75) is 39.8 Å². The highest BCUT2D eigenvalue weighted by Gasteiger charge is 2.36. The van der Waals surface area contributed by atoms with Gasteiger partial charge in [0.1, 0.15) is 29.6 Å². The van der Waals surface area contributed by atoms with Crippen molar-refractivity contribution < 1.29 is 19.1 Å². The molecule has 0 aliphatic carbocycles. The van der Waals surface area contributed by atoms with Gasteiger partial charge < -0.3 is 14.8 Å². The predicted molar refractivity (Wildman–Crippen MR) is 151 cm³/mol. The van der Waals surface area contributed by atoms with Gasteiger partial charge in [-0.25, -0.2) is 4.68 Å². The van der Waals surface area contributed by atoms with Gasteiger partial charge in [-0.3, -0.25) is 14.5 Å². The van der Waals surface area contributed by atoms with Crippen molar-refractivity contribution in [1.82, 2.24) is 20.3 Å². The van der Waals surface area contributed by atoms with Gasteiger partial charge in [0.15, 0.2) is 0 Å². The average Bonchev–Trinajstić information content (AvgIpc) is 3.34. The van der Waals surface area contributed by atoms with Crippen LogP contribution in [-0.2, 0) is 16.1 Å². The molecule has 9 heteroatoms. The third-order valence-corrected chi connectivity index (χ3v) is 6.61. The molecule has 4 rings (SSSR count). The van der Waals surface area contributed by atoms with Crippen LogP contribution in [0.25, 0.3) is 11.0 Å². The van der Waals surface area contributed by atoms with Crippen LogP contribution in [0.1, 0.15) is 37.4 Å². The number of aromatic nitrogens is 3. The van der Waals surface area contributed by atoms with Crippen LogP contribution in [0, 0.1) is 12.8 Å². The zero-order chi connectivity index (χ0) is 27.9. The molecule has 0 saturated carbocycles. The molecule has 0 fully saturated rings. The van der Waals surface area contributed by atoms with Crippen molar-refractivity contribution in [2.75, 3.05) is 25.7 Å². The molecule has 0 bridgehead atoms. The normalized spacial score (nSPS) is 11.8. The molecule has 1 aromatic heterocycles. The van der Waals surface area contributed by atoms with E-state index in [4.69, 9.17) is 9.47 Å². The molecule has 1 N–H and O–H groups in total. The van der Waals surface area contributed by atoms with Crippen LogP contribution in [0.2, 0.25) is 0 Å². The van der Waals surface area contributed by atoms with E-state index in [1.54, 1.807) is 34.9 Å². The lowest BCUT2D eigenvalue weighted by Gasteiger charge is -2.33. The number of para-hydroxylation sites is 2. The Morgan fingerprint density at radius 2 is 1.74 bits per heavy atom. The number of carbonyl (C=O) groups is 2. The molecule has 1 heterocycles. The summed E-state index contributed by atoms with van der Waals surface area (Å²) in [5, 5.41) is 11.5. The van der Waals surface area contributed by atoms with Gasteiger partial charge >= 0.3 is 0 Å². The van der Waals surface area contributed by atoms with Crippen molar-refractivity contribution in [3.8, 4) is 11.5 Å². The molecule has 0 aliphatic rings. The summed E-state index contributed by atoms with van der Waals surface area (Å²) in [5.74, 6) is 0.809. The third kappa shape index (κ3) is 6.19. The number of hydrogen-bond acceptors (Lipinski definition) is 6. The number of carbonyl (C=O) groups excluding carboxylic acids is 2. The van der Waals surface area contributed by atoms with E-state index in [0.717, 1.165) is 17.5 Å². The fourth-order valence-electron chi connectivity index (χ4n) is 4.51. The SMILES string of the molecule is COc1ccc([C@@H](C(=O)NCCC(C)C)N(C(=O)Cn2nnc3ccccc32)c2ccccc2C)c(OC)c1. The number of methoxy groups -OCH3 is 2. The van der Waals surface area contributed by atoms with Gasteiger partial charge in [-0.2, -0.15) is 0 Å². The molecule has 9 nitrogen and oxygen atoms in total. The molecule has 0 saturated heterocycles. The molecule has 1 atom stereocenters. The van der Waals surface area contributed by atoms with Gasteiger partial charge in [-0.1, -0.05) is 49.4 Å². The summed E-state index contributed by atoms with van der Waals surface area (Å²) < 4.78 is 12.6. The minimum atomic E-state index is -1.01. The zero-order valence-corrected chi connectivity index (χ0v) is 23.0. The van der Waals surface area contributed by atoms with Crippen LogP contribution in [0.15, 0.2) is 66.7 Å². The van der Waals surface area contributed by atoms with Crippen LogP contribution in [-0.4, -0.2) is 47.6 Å². The van der Waals surface area contributed by atoms with Crippen LogP contribution in [0.3, 0.4) is 0 Å². The zero-order valence-electron chi connectivity index (χ0n) is 23.0. The first kappa shape index (κ1) is 27.6. The molecule has 0 aliphatic heterocycles. The Labute approximate surface area is 228 Å². The van der Waals surface area contributed by atoms with Gasteiger partial charge in [0, 0.05) is 23.9 Å². The highest BCUT2D eigenvalue weighted by molar-refractivity contribution is 6.02. The summed E-state index contributed by atoms with van der Waals surface area (Å²) >= 11 is 0. The molecular formula is C30H35N5O4. The van der Waals surface area contributed by atoms with Crippen molar-refractivity contribution in [3.05, 3.63) is 77.9 Å². The van der Waals surface area contributed by atoms with E-state index in [-0.39, 0.29) is 18.4 Å². The van der Waals surface area contributed by atoms with Gasteiger partial charge in [0.25, 0.3) is 0 Å². The Hall–Kier alpha value is -4.40. The minimum Gasteiger partial charge on any atom is -0.497 e. The molecule has 2 amide bonds. The number of benzene rings is 3. The minimum absolute atomic E-state index is 0.108. The summed E-state index contributed by atoms with van der Waals surface area (Å²) in [4.78, 5) is 29.7. The number of aryl methyl sites for hydroxylation is 1. The fourth-order valence-corrected chi connectivity index (χ4v) is 4.51. The van der Waals surface area contributed by atoms with E-state index in [2.05, 4.69) is 29.5 Å². The number of fused-ring (bicyclic) bond motifs is 1. The van der Waals surface area contributed by atoms with E-state index in [1.807, 2.05) is 55.5 Å². The van der Waals surface area contributed by atoms with Crippen LogP contribution >= 0.6 is 0 Å². The molecule has 4 aromatic rings. The maximum atomic E-state index is 14.2. The lowest BCUT2D eigenvalue weighted by Crippen LogP contribution is -2.46. The van der Waals surface area contributed by atoms with E-state index >= 15 is 0 Å². The number of hydrogen-bond donors (Lipinski definition) is 1. The monoisotopic (exact) mass is 529 g/mol. The molecule has 204 valence electrons. The van der Waals surface area contributed by atoms with Crippen molar-refractivity contribution in [1.29, 1.82) is 0 Å². The summed E-state index contributed by atoms with van der Waals surface area (Å²) in [7, 11) is 3.10. The molecule has 0 radical (unpaired) electrons. The molecule has 39 heavy (non-hydrogen) atoms. The molecule has 0 unspecified atom stereocenters. The number of ether oxygens (including phenoxy) is 2. The number of nitrogens with one attached hydrogen (secondary N) is 1. The molecule has 0 spiro atoms. The summed E-state index contributed by atoms with van der Waals surface area (Å²) in [6, 6.07) is 19.2. The lowest BCUT2D eigenvalue weighted by molar-refractivity contribution is -0.127. The van der Waals surface area contributed by atoms with Gasteiger partial charge in [0.05, 0.1) is 19.7 Å². The highest BCUT2D eigenvalue weighted by atomic mass is 16.5. The maximum Gasteiger partial charge on any atom is 0.249 e. The Balaban J connectivity index is 1.84. The fraction of sp³-hybridized carbons (Fsp3) is 0.333. The van der Waals surface area contributed by atoms with Crippen molar-refractivity contribution in [3.63, 3.8) is 0 Å². The smallest absolute Gasteiger partial charge is 0.249 e. The standard InChI is InChI=1S/C30H35N5O4/c1-20(2)16-17-31-30(37)29(23-15-14-22(38-4)18-27(23)39-5)35(25-12-8-6-10-21(25)3)28(36)19-34-26-13-9-7-11-24(26)32-33-34/h6-15,18,20,29H,16-17,19H2,1-5H3,(H,31,37)/t29-/m0/s1. The quantitative estimate of drug-likeness (QED) is 0.303.